The van der Waals surface area contributed by atoms with Crippen LogP contribution >= 0.6 is 15.9 Å². The maximum absolute atomic E-state index is 13.7. The minimum Gasteiger partial charge on any atom is -0.361 e. The lowest BCUT2D eigenvalue weighted by Gasteiger charge is -2.28. The van der Waals surface area contributed by atoms with Gasteiger partial charge in [0.05, 0.1) is 0 Å². The number of carbonyl (C=O) groups is 2. The molecule has 0 unspecified atom stereocenters. The van der Waals surface area contributed by atoms with Crippen molar-refractivity contribution in [2.45, 2.75) is 32.7 Å². The molecule has 6 heteroatoms. The molecule has 4 rings (SSSR count). The highest BCUT2D eigenvalue weighted by molar-refractivity contribution is 9.10. The molecule has 186 valence electrons. The van der Waals surface area contributed by atoms with Crippen LogP contribution in [0.15, 0.2) is 89.5 Å². The Balaban J connectivity index is 1.52. The van der Waals surface area contributed by atoms with Crippen LogP contribution in [0.5, 0.6) is 0 Å². The fourth-order valence-corrected chi connectivity index (χ4v) is 4.59. The molecule has 4 aromatic rings. The molecule has 0 bridgehead atoms. The minimum atomic E-state index is -0.111. The van der Waals surface area contributed by atoms with Crippen molar-refractivity contribution < 1.29 is 9.59 Å². The quantitative estimate of drug-likeness (QED) is 0.235. The Bertz CT molecular complexity index is 1280. The van der Waals surface area contributed by atoms with Gasteiger partial charge in [0.25, 0.3) is 5.91 Å². The van der Waals surface area contributed by atoms with Crippen LogP contribution in [0, 0.1) is 0 Å². The van der Waals surface area contributed by atoms with Crippen LogP contribution in [0.25, 0.3) is 10.9 Å². The SMILES string of the molecule is CCCCN(CC(=O)N(CCc1c[nH]c2ccccc12)Cc1ccccc1)C(=O)c1ccc(Br)cc1. The summed E-state index contributed by atoms with van der Waals surface area (Å²) in [5.41, 5.74) is 3.95. The second kappa shape index (κ2) is 12.5. The van der Waals surface area contributed by atoms with Crippen LogP contribution in [-0.4, -0.2) is 46.2 Å². The fraction of sp³-hybridized carbons (Fsp3) is 0.267. The first-order chi connectivity index (χ1) is 17.5. The van der Waals surface area contributed by atoms with Crippen molar-refractivity contribution in [1.29, 1.82) is 0 Å². The standard InChI is InChI=1S/C30H32BrN3O2/c1-2-3-18-34(30(36)24-13-15-26(31)16-14-24)22-29(35)33(21-23-9-5-4-6-10-23)19-17-25-20-32-28-12-8-7-11-27(25)28/h4-16,20,32H,2-3,17-19,21-22H2,1H3. The van der Waals surface area contributed by atoms with E-state index in [4.69, 9.17) is 0 Å². The van der Waals surface area contributed by atoms with Gasteiger partial charge in [-0.3, -0.25) is 9.59 Å². The summed E-state index contributed by atoms with van der Waals surface area (Å²) in [4.78, 5) is 33.9. The van der Waals surface area contributed by atoms with Gasteiger partial charge in [-0.1, -0.05) is 77.8 Å². The number of fused-ring (bicyclic) bond motifs is 1. The molecule has 0 spiro atoms. The van der Waals surface area contributed by atoms with E-state index in [9.17, 15) is 9.59 Å². The number of amides is 2. The van der Waals surface area contributed by atoms with Crippen molar-refractivity contribution in [3.05, 3.63) is 106 Å². The van der Waals surface area contributed by atoms with E-state index >= 15 is 0 Å². The van der Waals surface area contributed by atoms with Gasteiger partial charge in [0.1, 0.15) is 6.54 Å². The number of aromatic nitrogens is 1. The first-order valence-electron chi connectivity index (χ1n) is 12.5. The van der Waals surface area contributed by atoms with Crippen molar-refractivity contribution in [2.24, 2.45) is 0 Å². The molecular formula is C30H32BrN3O2. The maximum Gasteiger partial charge on any atom is 0.254 e. The summed E-state index contributed by atoms with van der Waals surface area (Å²) in [7, 11) is 0. The highest BCUT2D eigenvalue weighted by Gasteiger charge is 2.22. The molecule has 0 aliphatic carbocycles. The summed E-state index contributed by atoms with van der Waals surface area (Å²) in [6.07, 6.45) is 4.56. The number of hydrogen-bond acceptors (Lipinski definition) is 2. The molecule has 0 saturated carbocycles. The molecule has 2 amide bonds. The average molecular weight is 547 g/mol. The Morgan fingerprint density at radius 2 is 1.58 bits per heavy atom. The zero-order valence-corrected chi connectivity index (χ0v) is 22.2. The number of nitrogens with one attached hydrogen (secondary N) is 1. The topological polar surface area (TPSA) is 56.4 Å². The highest BCUT2D eigenvalue weighted by Crippen LogP contribution is 2.19. The van der Waals surface area contributed by atoms with Gasteiger partial charge >= 0.3 is 0 Å². The van der Waals surface area contributed by atoms with Gasteiger partial charge in [0, 0.05) is 46.8 Å². The number of rotatable bonds is 11. The summed E-state index contributed by atoms with van der Waals surface area (Å²) < 4.78 is 0.918. The van der Waals surface area contributed by atoms with Crippen molar-refractivity contribution in [3.8, 4) is 0 Å². The van der Waals surface area contributed by atoms with E-state index in [1.165, 1.54) is 10.9 Å². The second-order valence-electron chi connectivity index (χ2n) is 9.00. The summed E-state index contributed by atoms with van der Waals surface area (Å²) in [5.74, 6) is -0.152. The van der Waals surface area contributed by atoms with Gasteiger partial charge < -0.3 is 14.8 Å². The monoisotopic (exact) mass is 545 g/mol. The number of hydrogen-bond donors (Lipinski definition) is 1. The van der Waals surface area contributed by atoms with E-state index in [-0.39, 0.29) is 18.4 Å². The lowest BCUT2D eigenvalue weighted by atomic mass is 10.1. The lowest BCUT2D eigenvalue weighted by Crippen LogP contribution is -2.43. The molecule has 0 aliphatic heterocycles. The molecule has 5 nitrogen and oxygen atoms in total. The average Bonchev–Trinajstić information content (AvgIpc) is 3.32. The molecule has 0 aliphatic rings. The van der Waals surface area contributed by atoms with Crippen LogP contribution in [-0.2, 0) is 17.8 Å². The molecule has 1 aromatic heterocycles. The second-order valence-corrected chi connectivity index (χ2v) is 9.91. The van der Waals surface area contributed by atoms with Gasteiger partial charge in [0.2, 0.25) is 5.91 Å². The summed E-state index contributed by atoms with van der Waals surface area (Å²) in [6.45, 7) is 3.79. The predicted molar refractivity (Wildman–Crippen MR) is 149 cm³/mol. The Kier molecular flexibility index (Phi) is 8.95. The molecule has 1 N–H and O–H groups in total. The first-order valence-corrected chi connectivity index (χ1v) is 13.3. The van der Waals surface area contributed by atoms with Crippen LogP contribution in [0.3, 0.4) is 0 Å². The molecule has 36 heavy (non-hydrogen) atoms. The largest absolute Gasteiger partial charge is 0.361 e. The third kappa shape index (κ3) is 6.64. The van der Waals surface area contributed by atoms with Crippen LogP contribution in [0.2, 0.25) is 0 Å². The van der Waals surface area contributed by atoms with Crippen LogP contribution < -0.4 is 0 Å². The van der Waals surface area contributed by atoms with E-state index in [1.807, 2.05) is 65.7 Å². The van der Waals surface area contributed by atoms with Gasteiger partial charge in [-0.25, -0.2) is 0 Å². The Morgan fingerprint density at radius 3 is 2.33 bits per heavy atom. The van der Waals surface area contributed by atoms with E-state index in [1.54, 1.807) is 17.0 Å². The number of para-hydroxylation sites is 1. The molecule has 1 heterocycles. The smallest absolute Gasteiger partial charge is 0.254 e. The van der Waals surface area contributed by atoms with Gasteiger partial charge in [-0.15, -0.1) is 0 Å². The predicted octanol–water partition coefficient (Wildman–Crippen LogP) is 6.44. The normalized spacial score (nSPS) is 10.9. The van der Waals surface area contributed by atoms with Crippen molar-refractivity contribution >= 4 is 38.6 Å². The highest BCUT2D eigenvalue weighted by atomic mass is 79.9. The number of benzene rings is 3. The number of aromatic amines is 1. The Labute approximate surface area is 221 Å². The van der Waals surface area contributed by atoms with Gasteiger partial charge in [-0.05, 0) is 54.3 Å². The van der Waals surface area contributed by atoms with E-state index in [2.05, 4.69) is 40.0 Å². The van der Waals surface area contributed by atoms with Gasteiger partial charge in [-0.2, -0.15) is 0 Å². The minimum absolute atomic E-state index is 0.0414. The van der Waals surface area contributed by atoms with E-state index in [0.29, 0.717) is 25.2 Å². The lowest BCUT2D eigenvalue weighted by molar-refractivity contribution is -0.132. The Morgan fingerprint density at radius 1 is 0.861 bits per heavy atom. The Hall–Kier alpha value is -3.38. The zero-order valence-electron chi connectivity index (χ0n) is 20.6. The van der Waals surface area contributed by atoms with Crippen molar-refractivity contribution in [1.82, 2.24) is 14.8 Å². The molecule has 0 atom stereocenters. The molecule has 3 aromatic carbocycles. The fourth-order valence-electron chi connectivity index (χ4n) is 4.33. The van der Waals surface area contributed by atoms with E-state index < -0.39 is 0 Å². The van der Waals surface area contributed by atoms with Crippen molar-refractivity contribution in [3.63, 3.8) is 0 Å². The molecule has 0 fully saturated rings. The first kappa shape index (κ1) is 25.7. The molecular weight excluding hydrogens is 514 g/mol. The summed E-state index contributed by atoms with van der Waals surface area (Å²) >= 11 is 3.43. The molecule has 0 saturated heterocycles. The van der Waals surface area contributed by atoms with Gasteiger partial charge in [0.15, 0.2) is 0 Å². The number of unbranched alkanes of at least 4 members (excludes halogenated alkanes) is 1. The number of H-pyrrole nitrogens is 1. The van der Waals surface area contributed by atoms with E-state index in [0.717, 1.165) is 34.8 Å². The summed E-state index contributed by atoms with van der Waals surface area (Å²) in [5, 5.41) is 1.18. The number of nitrogens with zero attached hydrogens (tertiary/aromatic N) is 2. The number of halogens is 1. The maximum atomic E-state index is 13.7. The summed E-state index contributed by atoms with van der Waals surface area (Å²) in [6, 6.07) is 25.6. The third-order valence-corrected chi connectivity index (χ3v) is 6.91. The van der Waals surface area contributed by atoms with Crippen LogP contribution in [0.1, 0.15) is 41.3 Å². The third-order valence-electron chi connectivity index (χ3n) is 6.38. The molecule has 0 radical (unpaired) electrons. The van der Waals surface area contributed by atoms with Crippen LogP contribution in [0.4, 0.5) is 0 Å². The zero-order chi connectivity index (χ0) is 25.3. The van der Waals surface area contributed by atoms with Crippen molar-refractivity contribution in [2.75, 3.05) is 19.6 Å². The number of carbonyl (C=O) groups excluding carboxylic acids is 2.